The Kier molecular flexibility index (Phi) is 2.93. The first-order chi connectivity index (χ1) is 9.86. The van der Waals surface area contributed by atoms with Crippen LogP contribution in [-0.2, 0) is 5.41 Å². The zero-order valence-electron chi connectivity index (χ0n) is 12.1. The Morgan fingerprint density at radius 1 is 1.19 bits per heavy atom. The third-order valence-electron chi connectivity index (χ3n) is 3.42. The molecule has 5 heteroatoms. The Hall–Kier alpha value is -2.43. The van der Waals surface area contributed by atoms with Crippen LogP contribution in [0.2, 0.25) is 0 Å². The maximum atomic E-state index is 13.0. The summed E-state index contributed by atoms with van der Waals surface area (Å²) in [5.74, 6) is -0.293. The van der Waals surface area contributed by atoms with Gasteiger partial charge in [-0.1, -0.05) is 32.9 Å². The first-order valence-electron chi connectivity index (χ1n) is 6.74. The normalized spacial score (nSPS) is 12.0. The van der Waals surface area contributed by atoms with Gasteiger partial charge in [-0.3, -0.25) is 9.89 Å². The molecule has 0 aliphatic rings. The average Bonchev–Trinajstić information content (AvgIpc) is 2.83. The van der Waals surface area contributed by atoms with Crippen molar-refractivity contribution in [1.82, 2.24) is 14.6 Å². The zero-order valence-corrected chi connectivity index (χ0v) is 12.1. The Morgan fingerprint density at radius 2 is 1.86 bits per heavy atom. The highest BCUT2D eigenvalue weighted by Crippen LogP contribution is 2.25. The Balaban J connectivity index is 2.28. The van der Waals surface area contributed by atoms with Gasteiger partial charge in [-0.05, 0) is 17.7 Å². The van der Waals surface area contributed by atoms with Crippen LogP contribution in [0.15, 0.2) is 41.3 Å². The second-order valence-corrected chi connectivity index (χ2v) is 6.08. The summed E-state index contributed by atoms with van der Waals surface area (Å²) in [6, 6.07) is 7.68. The quantitative estimate of drug-likeness (QED) is 0.746. The fourth-order valence-corrected chi connectivity index (χ4v) is 2.21. The van der Waals surface area contributed by atoms with Crippen LogP contribution < -0.4 is 5.56 Å². The van der Waals surface area contributed by atoms with E-state index >= 15 is 0 Å². The lowest BCUT2D eigenvalue weighted by atomic mass is 9.92. The molecule has 0 fully saturated rings. The van der Waals surface area contributed by atoms with Crippen molar-refractivity contribution in [1.29, 1.82) is 0 Å². The van der Waals surface area contributed by atoms with Gasteiger partial charge in [0.2, 0.25) is 0 Å². The van der Waals surface area contributed by atoms with Gasteiger partial charge in [0.15, 0.2) is 5.65 Å². The molecule has 2 aromatic heterocycles. The molecule has 21 heavy (non-hydrogen) atoms. The van der Waals surface area contributed by atoms with Gasteiger partial charge >= 0.3 is 0 Å². The molecule has 1 aromatic carbocycles. The molecule has 0 unspecified atom stereocenters. The number of aromatic nitrogens is 3. The summed E-state index contributed by atoms with van der Waals surface area (Å²) in [5.41, 5.74) is 2.50. The summed E-state index contributed by atoms with van der Waals surface area (Å²) < 4.78 is 14.4. The standard InChI is InChI=1S/C16H16FN3O/c1-16(2,3)13-8-14(21)20-15(19-13)12(9-18-20)10-4-6-11(17)7-5-10/h4-9,18H,1-3H3. The smallest absolute Gasteiger partial charge is 0.272 e. The molecule has 108 valence electrons. The third-order valence-corrected chi connectivity index (χ3v) is 3.42. The number of fused-ring (bicyclic) bond motifs is 1. The number of hydrogen-bond acceptors (Lipinski definition) is 2. The van der Waals surface area contributed by atoms with Gasteiger partial charge in [0.25, 0.3) is 5.56 Å². The van der Waals surface area contributed by atoms with E-state index in [1.807, 2.05) is 20.8 Å². The molecule has 0 saturated heterocycles. The molecule has 0 amide bonds. The van der Waals surface area contributed by atoms with Crippen LogP contribution in [0.25, 0.3) is 16.8 Å². The predicted molar refractivity (Wildman–Crippen MR) is 79.9 cm³/mol. The van der Waals surface area contributed by atoms with Gasteiger partial charge in [0, 0.05) is 23.2 Å². The second-order valence-electron chi connectivity index (χ2n) is 6.08. The number of rotatable bonds is 1. The number of nitrogens with one attached hydrogen (secondary N) is 1. The highest BCUT2D eigenvalue weighted by atomic mass is 19.1. The van der Waals surface area contributed by atoms with Crippen molar-refractivity contribution < 1.29 is 4.39 Å². The fourth-order valence-electron chi connectivity index (χ4n) is 2.21. The van der Waals surface area contributed by atoms with Crippen LogP contribution in [0.3, 0.4) is 0 Å². The molecule has 0 saturated carbocycles. The first-order valence-corrected chi connectivity index (χ1v) is 6.74. The Bertz CT molecular complexity index is 854. The van der Waals surface area contributed by atoms with Gasteiger partial charge in [-0.2, -0.15) is 0 Å². The van der Waals surface area contributed by atoms with Crippen molar-refractivity contribution in [2.45, 2.75) is 26.2 Å². The van der Waals surface area contributed by atoms with Crippen molar-refractivity contribution in [2.24, 2.45) is 0 Å². The minimum atomic E-state index is -0.293. The summed E-state index contributed by atoms with van der Waals surface area (Å²) in [7, 11) is 0. The summed E-state index contributed by atoms with van der Waals surface area (Å²) in [6.45, 7) is 6.03. The number of nitrogens with zero attached hydrogens (tertiary/aromatic N) is 2. The first kappa shape index (κ1) is 13.5. The molecule has 0 radical (unpaired) electrons. The molecule has 1 N–H and O–H groups in total. The van der Waals surface area contributed by atoms with E-state index < -0.39 is 0 Å². The lowest BCUT2D eigenvalue weighted by Crippen LogP contribution is -2.22. The van der Waals surface area contributed by atoms with E-state index in [-0.39, 0.29) is 16.8 Å². The Labute approximate surface area is 121 Å². The van der Waals surface area contributed by atoms with E-state index in [1.165, 1.54) is 22.7 Å². The summed E-state index contributed by atoms with van der Waals surface area (Å²) in [4.78, 5) is 16.8. The molecular weight excluding hydrogens is 269 g/mol. The molecule has 0 aliphatic heterocycles. The molecule has 2 heterocycles. The van der Waals surface area contributed by atoms with Gasteiger partial charge in [-0.25, -0.2) is 13.9 Å². The van der Waals surface area contributed by atoms with Crippen LogP contribution in [0.4, 0.5) is 4.39 Å². The van der Waals surface area contributed by atoms with Crippen LogP contribution in [0, 0.1) is 5.82 Å². The monoisotopic (exact) mass is 285 g/mol. The highest BCUT2D eigenvalue weighted by Gasteiger charge is 2.19. The highest BCUT2D eigenvalue weighted by molar-refractivity contribution is 5.76. The van der Waals surface area contributed by atoms with Crippen molar-refractivity contribution >= 4 is 5.65 Å². The van der Waals surface area contributed by atoms with Crippen LogP contribution in [0.5, 0.6) is 0 Å². The minimum Gasteiger partial charge on any atom is -0.296 e. The summed E-state index contributed by atoms with van der Waals surface area (Å²) in [6.07, 6.45) is 1.71. The number of aromatic amines is 1. The topological polar surface area (TPSA) is 50.2 Å². The third kappa shape index (κ3) is 2.35. The maximum Gasteiger partial charge on any atom is 0.272 e. The number of hydrogen-bond donors (Lipinski definition) is 1. The molecule has 3 aromatic rings. The summed E-state index contributed by atoms with van der Waals surface area (Å²) >= 11 is 0. The molecule has 0 aliphatic carbocycles. The van der Waals surface area contributed by atoms with Crippen LogP contribution >= 0.6 is 0 Å². The van der Waals surface area contributed by atoms with Crippen molar-refractivity contribution in [2.75, 3.05) is 0 Å². The minimum absolute atomic E-state index is 0.154. The molecule has 0 atom stereocenters. The van der Waals surface area contributed by atoms with E-state index in [1.54, 1.807) is 18.3 Å². The number of halogens is 1. The van der Waals surface area contributed by atoms with Crippen molar-refractivity contribution in [3.05, 3.63) is 58.4 Å². The number of H-pyrrole nitrogens is 1. The Morgan fingerprint density at radius 3 is 2.48 bits per heavy atom. The number of benzene rings is 1. The zero-order chi connectivity index (χ0) is 15.2. The summed E-state index contributed by atoms with van der Waals surface area (Å²) in [5, 5.41) is 2.90. The van der Waals surface area contributed by atoms with Crippen LogP contribution in [-0.4, -0.2) is 14.6 Å². The SMILES string of the molecule is CC(C)(C)c1cc(=O)n2[nH]cc(-c3ccc(F)cc3)c2n1. The van der Waals surface area contributed by atoms with Gasteiger partial charge in [0.1, 0.15) is 5.82 Å². The van der Waals surface area contributed by atoms with E-state index in [9.17, 15) is 9.18 Å². The van der Waals surface area contributed by atoms with E-state index in [0.29, 0.717) is 5.65 Å². The lowest BCUT2D eigenvalue weighted by molar-refractivity contribution is 0.566. The van der Waals surface area contributed by atoms with Gasteiger partial charge < -0.3 is 0 Å². The molecule has 0 bridgehead atoms. The fraction of sp³-hybridized carbons (Fsp3) is 0.250. The van der Waals surface area contributed by atoms with Crippen molar-refractivity contribution in [3.63, 3.8) is 0 Å². The average molecular weight is 285 g/mol. The van der Waals surface area contributed by atoms with Crippen LogP contribution in [0.1, 0.15) is 26.5 Å². The molecule has 0 spiro atoms. The second kappa shape index (κ2) is 4.55. The largest absolute Gasteiger partial charge is 0.296 e. The maximum absolute atomic E-state index is 13.0. The van der Waals surface area contributed by atoms with E-state index in [2.05, 4.69) is 10.1 Å². The van der Waals surface area contributed by atoms with E-state index in [0.717, 1.165) is 16.8 Å². The molecular formula is C16H16FN3O. The predicted octanol–water partition coefficient (Wildman–Crippen LogP) is 3.13. The van der Waals surface area contributed by atoms with Gasteiger partial charge in [-0.15, -0.1) is 0 Å². The molecule has 4 nitrogen and oxygen atoms in total. The van der Waals surface area contributed by atoms with E-state index in [4.69, 9.17) is 0 Å². The van der Waals surface area contributed by atoms with Crippen molar-refractivity contribution in [3.8, 4) is 11.1 Å². The van der Waals surface area contributed by atoms with Gasteiger partial charge in [0.05, 0.1) is 5.69 Å². The lowest BCUT2D eigenvalue weighted by Gasteiger charge is -2.17. The molecule has 3 rings (SSSR count).